The lowest BCUT2D eigenvalue weighted by molar-refractivity contribution is 0.223. The van der Waals surface area contributed by atoms with E-state index in [0.717, 1.165) is 11.1 Å². The van der Waals surface area contributed by atoms with Gasteiger partial charge in [-0.1, -0.05) is 29.3 Å². The molecule has 2 rings (SSSR count). The van der Waals surface area contributed by atoms with Crippen LogP contribution in [0.25, 0.3) is 0 Å². The Morgan fingerprint density at radius 1 is 1.12 bits per heavy atom. The first-order chi connectivity index (χ1) is 11.5. The van der Waals surface area contributed by atoms with Crippen molar-refractivity contribution in [2.24, 2.45) is 0 Å². The van der Waals surface area contributed by atoms with E-state index in [4.69, 9.17) is 32.7 Å². The average Bonchev–Trinajstić information content (AvgIpc) is 2.53. The summed E-state index contributed by atoms with van der Waals surface area (Å²) in [6.45, 7) is 7.75. The number of hydrogen-bond acceptors (Lipinski definition) is 4. The molecule has 6 heteroatoms. The minimum atomic E-state index is 0.0571. The minimum absolute atomic E-state index is 0.0571. The third kappa shape index (κ3) is 5.55. The molecule has 0 unspecified atom stereocenters. The molecule has 0 atom stereocenters. The predicted octanol–water partition coefficient (Wildman–Crippen LogP) is 4.86. The number of hydrogen-bond donors (Lipinski definition) is 1. The third-order valence-corrected chi connectivity index (χ3v) is 3.78. The zero-order valence-corrected chi connectivity index (χ0v) is 15.6. The summed E-state index contributed by atoms with van der Waals surface area (Å²) in [5.41, 5.74) is 2.01. The Morgan fingerprint density at radius 3 is 2.54 bits per heavy atom. The molecular formula is C18H22Cl2N2O2. The zero-order valence-electron chi connectivity index (χ0n) is 14.1. The van der Waals surface area contributed by atoms with E-state index in [-0.39, 0.29) is 6.10 Å². The molecule has 0 aliphatic rings. The molecule has 0 aliphatic carbocycles. The first-order valence-electron chi connectivity index (χ1n) is 7.92. The fourth-order valence-electron chi connectivity index (χ4n) is 2.18. The van der Waals surface area contributed by atoms with Crippen molar-refractivity contribution >= 4 is 23.2 Å². The molecule has 1 heterocycles. The second kappa shape index (κ2) is 9.11. The first-order valence-corrected chi connectivity index (χ1v) is 8.68. The van der Waals surface area contributed by atoms with Crippen LogP contribution in [-0.2, 0) is 13.1 Å². The van der Waals surface area contributed by atoms with E-state index in [1.165, 1.54) is 0 Å². The second-order valence-electron chi connectivity index (χ2n) is 5.58. The lowest BCUT2D eigenvalue weighted by Gasteiger charge is -2.17. The lowest BCUT2D eigenvalue weighted by Crippen LogP contribution is -2.14. The number of pyridine rings is 1. The fraction of sp³-hybridized carbons (Fsp3) is 0.389. The van der Waals surface area contributed by atoms with Crippen molar-refractivity contribution in [3.8, 4) is 11.5 Å². The van der Waals surface area contributed by atoms with Gasteiger partial charge in [0, 0.05) is 30.4 Å². The van der Waals surface area contributed by atoms with E-state index in [1.54, 1.807) is 12.3 Å². The molecule has 0 spiro atoms. The molecular weight excluding hydrogens is 347 g/mol. The zero-order chi connectivity index (χ0) is 17.5. The molecule has 24 heavy (non-hydrogen) atoms. The highest BCUT2D eigenvalue weighted by Crippen LogP contribution is 2.34. The maximum Gasteiger partial charge on any atom is 0.163 e. The van der Waals surface area contributed by atoms with Crippen LogP contribution >= 0.6 is 23.2 Å². The van der Waals surface area contributed by atoms with E-state index in [1.807, 2.05) is 39.0 Å². The van der Waals surface area contributed by atoms with Crippen molar-refractivity contribution in [1.82, 2.24) is 10.3 Å². The number of aromatic nitrogens is 1. The molecule has 1 aromatic carbocycles. The fourth-order valence-corrected chi connectivity index (χ4v) is 2.51. The maximum atomic E-state index is 6.38. The number of ether oxygens (including phenoxy) is 2. The molecule has 2 aromatic rings. The molecule has 130 valence electrons. The third-order valence-electron chi connectivity index (χ3n) is 3.21. The standard InChI is InChI=1S/C18H22Cl2N2O2/c1-4-23-16-7-14(15(19)8-17(16)24-12(2)3)11-21-9-13-5-6-18(20)22-10-13/h5-8,10,12,21H,4,9,11H2,1-3H3. The van der Waals surface area contributed by atoms with Gasteiger partial charge in [-0.25, -0.2) is 4.98 Å². The van der Waals surface area contributed by atoms with E-state index in [2.05, 4.69) is 10.3 Å². The lowest BCUT2D eigenvalue weighted by atomic mass is 10.2. The van der Waals surface area contributed by atoms with Crippen molar-refractivity contribution in [3.05, 3.63) is 51.8 Å². The summed E-state index contributed by atoms with van der Waals surface area (Å²) >= 11 is 12.2. The summed E-state index contributed by atoms with van der Waals surface area (Å²) in [5.74, 6) is 1.38. The smallest absolute Gasteiger partial charge is 0.163 e. The largest absolute Gasteiger partial charge is 0.490 e. The van der Waals surface area contributed by atoms with Gasteiger partial charge < -0.3 is 14.8 Å². The second-order valence-corrected chi connectivity index (χ2v) is 6.38. The van der Waals surface area contributed by atoms with Crippen LogP contribution in [0.15, 0.2) is 30.5 Å². The van der Waals surface area contributed by atoms with E-state index < -0.39 is 0 Å². The molecule has 1 N–H and O–H groups in total. The van der Waals surface area contributed by atoms with Crippen LogP contribution in [0.1, 0.15) is 31.9 Å². The summed E-state index contributed by atoms with van der Waals surface area (Å²) in [6.07, 6.45) is 1.81. The Morgan fingerprint density at radius 2 is 1.92 bits per heavy atom. The Balaban J connectivity index is 2.06. The number of benzene rings is 1. The number of halogens is 2. The van der Waals surface area contributed by atoms with Crippen molar-refractivity contribution in [3.63, 3.8) is 0 Å². The van der Waals surface area contributed by atoms with Crippen molar-refractivity contribution in [1.29, 1.82) is 0 Å². The maximum absolute atomic E-state index is 6.38. The van der Waals surface area contributed by atoms with Gasteiger partial charge in [0.2, 0.25) is 0 Å². The molecule has 0 bridgehead atoms. The summed E-state index contributed by atoms with van der Waals surface area (Å²) in [6, 6.07) is 7.45. The Bertz CT molecular complexity index is 661. The van der Waals surface area contributed by atoms with Gasteiger partial charge in [-0.3, -0.25) is 0 Å². The topological polar surface area (TPSA) is 43.4 Å². The predicted molar refractivity (Wildman–Crippen MR) is 98.2 cm³/mol. The normalized spacial score (nSPS) is 10.9. The Kier molecular flexibility index (Phi) is 7.16. The van der Waals surface area contributed by atoms with Gasteiger partial charge in [0.15, 0.2) is 11.5 Å². The van der Waals surface area contributed by atoms with Crippen LogP contribution in [0.3, 0.4) is 0 Å². The summed E-state index contributed by atoms with van der Waals surface area (Å²) in [7, 11) is 0. The van der Waals surface area contributed by atoms with E-state index in [0.29, 0.717) is 41.4 Å². The first kappa shape index (κ1) is 18.8. The Labute approximate surface area is 153 Å². The monoisotopic (exact) mass is 368 g/mol. The molecule has 0 amide bonds. The number of nitrogens with one attached hydrogen (secondary N) is 1. The van der Waals surface area contributed by atoms with Crippen LogP contribution in [0.2, 0.25) is 10.2 Å². The minimum Gasteiger partial charge on any atom is -0.490 e. The summed E-state index contributed by atoms with van der Waals surface area (Å²) in [4.78, 5) is 4.06. The summed E-state index contributed by atoms with van der Waals surface area (Å²) in [5, 5.41) is 4.48. The van der Waals surface area contributed by atoms with Gasteiger partial charge >= 0.3 is 0 Å². The quantitative estimate of drug-likeness (QED) is 0.675. The Hall–Kier alpha value is -1.49. The van der Waals surface area contributed by atoms with Crippen LogP contribution in [0.5, 0.6) is 11.5 Å². The summed E-state index contributed by atoms with van der Waals surface area (Å²) < 4.78 is 11.4. The molecule has 0 saturated carbocycles. The van der Waals surface area contributed by atoms with Crippen molar-refractivity contribution in [2.75, 3.05) is 6.61 Å². The van der Waals surface area contributed by atoms with Gasteiger partial charge in [0.25, 0.3) is 0 Å². The highest BCUT2D eigenvalue weighted by Gasteiger charge is 2.12. The molecule has 0 aliphatic heterocycles. The van der Waals surface area contributed by atoms with Gasteiger partial charge in [-0.05, 0) is 44.0 Å². The molecule has 4 nitrogen and oxygen atoms in total. The van der Waals surface area contributed by atoms with Crippen molar-refractivity contribution < 1.29 is 9.47 Å². The van der Waals surface area contributed by atoms with Crippen LogP contribution in [-0.4, -0.2) is 17.7 Å². The molecule has 0 radical (unpaired) electrons. The van der Waals surface area contributed by atoms with E-state index >= 15 is 0 Å². The van der Waals surface area contributed by atoms with Gasteiger partial charge in [0.05, 0.1) is 12.7 Å². The van der Waals surface area contributed by atoms with Crippen molar-refractivity contribution in [2.45, 2.75) is 40.0 Å². The van der Waals surface area contributed by atoms with Crippen LogP contribution < -0.4 is 14.8 Å². The van der Waals surface area contributed by atoms with Gasteiger partial charge in [-0.15, -0.1) is 0 Å². The van der Waals surface area contributed by atoms with E-state index in [9.17, 15) is 0 Å². The highest BCUT2D eigenvalue weighted by molar-refractivity contribution is 6.31. The number of nitrogens with zero attached hydrogens (tertiary/aromatic N) is 1. The SMILES string of the molecule is CCOc1cc(CNCc2ccc(Cl)nc2)c(Cl)cc1OC(C)C. The van der Waals surface area contributed by atoms with Crippen LogP contribution in [0, 0.1) is 0 Å². The van der Waals surface area contributed by atoms with Gasteiger partial charge in [-0.2, -0.15) is 0 Å². The van der Waals surface area contributed by atoms with Gasteiger partial charge in [0.1, 0.15) is 5.15 Å². The molecule has 0 fully saturated rings. The molecule has 0 saturated heterocycles. The van der Waals surface area contributed by atoms with Crippen LogP contribution in [0.4, 0.5) is 0 Å². The highest BCUT2D eigenvalue weighted by atomic mass is 35.5. The number of rotatable bonds is 8. The average molecular weight is 369 g/mol. The molecule has 1 aromatic heterocycles.